The number of aliphatic hydroxyl groups is 2. The van der Waals surface area contributed by atoms with Crippen molar-refractivity contribution in [3.63, 3.8) is 0 Å². The normalized spacial score (nSPS) is 19.9. The fourth-order valence-corrected chi connectivity index (χ4v) is 4.17. The Bertz CT molecular complexity index is 693. The van der Waals surface area contributed by atoms with Crippen molar-refractivity contribution < 1.29 is 34.0 Å². The molecule has 0 bridgehead atoms. The van der Waals surface area contributed by atoms with Crippen molar-refractivity contribution in [3.8, 4) is 17.2 Å². The van der Waals surface area contributed by atoms with Crippen LogP contribution in [-0.4, -0.2) is 54.3 Å². The van der Waals surface area contributed by atoms with E-state index in [2.05, 4.69) is 20.8 Å². The number of esters is 1. The van der Waals surface area contributed by atoms with Gasteiger partial charge in [0.15, 0.2) is 11.5 Å². The molecule has 0 aromatic heterocycles. The summed E-state index contributed by atoms with van der Waals surface area (Å²) in [7, 11) is 0. The number of aliphatic hydroxyl groups excluding tert-OH is 2. The first-order chi connectivity index (χ1) is 17.0. The smallest absolute Gasteiger partial charge is 0.338 e. The summed E-state index contributed by atoms with van der Waals surface area (Å²) in [6.07, 6.45) is 8.26. The summed E-state index contributed by atoms with van der Waals surface area (Å²) in [4.78, 5) is 13.1. The van der Waals surface area contributed by atoms with E-state index in [1.807, 2.05) is 0 Å². The van der Waals surface area contributed by atoms with E-state index in [9.17, 15) is 15.0 Å². The molecule has 1 aromatic rings. The van der Waals surface area contributed by atoms with Gasteiger partial charge < -0.3 is 29.2 Å². The minimum absolute atomic E-state index is 0.309. The summed E-state index contributed by atoms with van der Waals surface area (Å²) in [6, 6.07) is 3.33. The Morgan fingerprint density at radius 1 is 0.743 bits per heavy atom. The van der Waals surface area contributed by atoms with Crippen LogP contribution in [0.5, 0.6) is 17.2 Å². The van der Waals surface area contributed by atoms with E-state index in [4.69, 9.17) is 18.9 Å². The number of hydrogen-bond donors (Lipinski definition) is 2. The van der Waals surface area contributed by atoms with Crippen LogP contribution in [0.4, 0.5) is 0 Å². The third-order valence-electron chi connectivity index (χ3n) is 6.15. The molecule has 200 valence electrons. The SMILES string of the molecule is CCCCCOc1cc(C(=O)OC2C[C@@H](O)C[C@@H](O)C2)cc(OCCCCC)c1OCCCCC. The molecule has 1 unspecified atom stereocenters. The van der Waals surface area contributed by atoms with Crippen molar-refractivity contribution >= 4 is 5.97 Å². The second kappa shape index (κ2) is 16.6. The minimum atomic E-state index is -0.676. The van der Waals surface area contributed by atoms with Gasteiger partial charge in [0.05, 0.1) is 37.6 Å². The molecule has 0 heterocycles. The molecule has 1 aromatic carbocycles. The summed E-state index contributed by atoms with van der Waals surface area (Å²) >= 11 is 0. The number of benzene rings is 1. The Balaban J connectivity index is 2.26. The molecule has 1 fully saturated rings. The standard InChI is InChI=1S/C28H46O7/c1-4-7-10-13-32-25-16-21(28(31)35-24-19-22(29)18-23(30)20-24)17-26(33-14-11-8-5-2)27(25)34-15-12-9-6-3/h16-17,22-24,29-30H,4-15,18-20H2,1-3H3/t22-,23+,24?. The van der Waals surface area contributed by atoms with Crippen molar-refractivity contribution in [2.75, 3.05) is 19.8 Å². The summed E-state index contributed by atoms with van der Waals surface area (Å²) < 4.78 is 24.0. The van der Waals surface area contributed by atoms with Gasteiger partial charge in [0, 0.05) is 12.8 Å². The maximum absolute atomic E-state index is 13.1. The predicted octanol–water partition coefficient (Wildman–Crippen LogP) is 5.82. The van der Waals surface area contributed by atoms with Gasteiger partial charge >= 0.3 is 5.97 Å². The van der Waals surface area contributed by atoms with Crippen molar-refractivity contribution in [2.45, 2.75) is 116 Å². The van der Waals surface area contributed by atoms with Crippen molar-refractivity contribution in [2.24, 2.45) is 0 Å². The summed E-state index contributed by atoms with van der Waals surface area (Å²) in [5, 5.41) is 19.9. The molecule has 0 radical (unpaired) electrons. The highest BCUT2D eigenvalue weighted by molar-refractivity contribution is 5.91. The van der Waals surface area contributed by atoms with Crippen LogP contribution < -0.4 is 14.2 Å². The Kier molecular flexibility index (Phi) is 13.9. The Hall–Kier alpha value is -1.99. The quantitative estimate of drug-likeness (QED) is 0.208. The molecule has 1 aliphatic carbocycles. The first kappa shape index (κ1) is 29.2. The van der Waals surface area contributed by atoms with Gasteiger partial charge in [0.1, 0.15) is 6.10 Å². The molecular weight excluding hydrogens is 448 g/mol. The maximum Gasteiger partial charge on any atom is 0.338 e. The fraction of sp³-hybridized carbons (Fsp3) is 0.750. The fourth-order valence-electron chi connectivity index (χ4n) is 4.17. The Labute approximate surface area is 211 Å². The van der Waals surface area contributed by atoms with Crippen LogP contribution in [0.2, 0.25) is 0 Å². The lowest BCUT2D eigenvalue weighted by molar-refractivity contribution is -0.0408. The lowest BCUT2D eigenvalue weighted by Crippen LogP contribution is -2.35. The first-order valence-corrected chi connectivity index (χ1v) is 13.6. The second-order valence-electron chi connectivity index (χ2n) is 9.51. The third kappa shape index (κ3) is 10.7. The zero-order valence-electron chi connectivity index (χ0n) is 21.9. The van der Waals surface area contributed by atoms with Crippen LogP contribution >= 0.6 is 0 Å². The number of ether oxygens (including phenoxy) is 4. The number of hydrogen-bond acceptors (Lipinski definition) is 7. The summed E-state index contributed by atoms with van der Waals surface area (Å²) in [6.45, 7) is 8.02. The van der Waals surface area contributed by atoms with E-state index in [-0.39, 0.29) is 0 Å². The Morgan fingerprint density at radius 2 is 1.20 bits per heavy atom. The van der Waals surface area contributed by atoms with Crippen molar-refractivity contribution in [1.29, 1.82) is 0 Å². The zero-order valence-corrected chi connectivity index (χ0v) is 21.9. The molecule has 35 heavy (non-hydrogen) atoms. The highest BCUT2D eigenvalue weighted by Crippen LogP contribution is 2.40. The number of carbonyl (C=O) groups is 1. The van der Waals surface area contributed by atoms with Gasteiger partial charge in [-0.1, -0.05) is 59.3 Å². The molecular formula is C28H46O7. The molecule has 2 N–H and O–H groups in total. The van der Waals surface area contributed by atoms with Crippen LogP contribution in [0.1, 0.15) is 108 Å². The van der Waals surface area contributed by atoms with E-state index >= 15 is 0 Å². The lowest BCUT2D eigenvalue weighted by Gasteiger charge is -2.29. The molecule has 1 saturated carbocycles. The molecule has 7 heteroatoms. The van der Waals surface area contributed by atoms with Crippen molar-refractivity contribution in [3.05, 3.63) is 17.7 Å². The van der Waals surface area contributed by atoms with Gasteiger partial charge in [0.25, 0.3) is 0 Å². The maximum atomic E-state index is 13.1. The molecule has 0 aliphatic heterocycles. The monoisotopic (exact) mass is 494 g/mol. The molecule has 1 aliphatic rings. The summed E-state index contributed by atoms with van der Waals surface area (Å²) in [5.74, 6) is 0.988. The molecule has 3 atom stereocenters. The first-order valence-electron chi connectivity index (χ1n) is 13.6. The number of unbranched alkanes of at least 4 members (excludes halogenated alkanes) is 6. The van der Waals surface area contributed by atoms with Gasteiger partial charge in [-0.15, -0.1) is 0 Å². The minimum Gasteiger partial charge on any atom is -0.490 e. The van der Waals surface area contributed by atoms with E-state index in [0.29, 0.717) is 61.9 Å². The third-order valence-corrected chi connectivity index (χ3v) is 6.15. The number of carbonyl (C=O) groups excluding carboxylic acids is 1. The van der Waals surface area contributed by atoms with Crippen LogP contribution in [0.15, 0.2) is 12.1 Å². The van der Waals surface area contributed by atoms with Gasteiger partial charge in [-0.3, -0.25) is 0 Å². The summed E-state index contributed by atoms with van der Waals surface area (Å²) in [5.41, 5.74) is 0.316. The van der Waals surface area contributed by atoms with E-state index in [1.165, 1.54) is 0 Å². The van der Waals surface area contributed by atoms with Crippen LogP contribution in [-0.2, 0) is 4.74 Å². The molecule has 7 nitrogen and oxygen atoms in total. The predicted molar refractivity (Wildman–Crippen MR) is 137 cm³/mol. The highest BCUT2D eigenvalue weighted by atomic mass is 16.6. The molecule has 0 amide bonds. The van der Waals surface area contributed by atoms with Crippen LogP contribution in [0.3, 0.4) is 0 Å². The van der Waals surface area contributed by atoms with Gasteiger partial charge in [-0.25, -0.2) is 4.79 Å². The van der Waals surface area contributed by atoms with Gasteiger partial charge in [-0.05, 0) is 37.8 Å². The molecule has 2 rings (SSSR count). The Morgan fingerprint density at radius 3 is 1.66 bits per heavy atom. The average molecular weight is 495 g/mol. The average Bonchev–Trinajstić information content (AvgIpc) is 2.82. The molecule has 0 spiro atoms. The van der Waals surface area contributed by atoms with Gasteiger partial charge in [-0.2, -0.15) is 0 Å². The van der Waals surface area contributed by atoms with Crippen molar-refractivity contribution in [1.82, 2.24) is 0 Å². The highest BCUT2D eigenvalue weighted by Gasteiger charge is 2.30. The van der Waals surface area contributed by atoms with E-state index < -0.39 is 24.3 Å². The van der Waals surface area contributed by atoms with Crippen LogP contribution in [0, 0.1) is 0 Å². The zero-order chi connectivity index (χ0) is 25.5. The largest absolute Gasteiger partial charge is 0.490 e. The van der Waals surface area contributed by atoms with Crippen LogP contribution in [0.25, 0.3) is 0 Å². The lowest BCUT2D eigenvalue weighted by atomic mass is 9.92. The van der Waals surface area contributed by atoms with Gasteiger partial charge in [0.2, 0.25) is 5.75 Å². The van der Waals surface area contributed by atoms with E-state index in [0.717, 1.165) is 57.8 Å². The number of rotatable bonds is 17. The topological polar surface area (TPSA) is 94.5 Å². The second-order valence-corrected chi connectivity index (χ2v) is 9.51. The van der Waals surface area contributed by atoms with E-state index in [1.54, 1.807) is 12.1 Å². The molecule has 0 saturated heterocycles.